The molecule has 0 saturated carbocycles. The zero-order chi connectivity index (χ0) is 8.27. The summed E-state index contributed by atoms with van der Waals surface area (Å²) in [6.07, 6.45) is -0.921. The molecule has 0 unspecified atom stereocenters. The van der Waals surface area contributed by atoms with Gasteiger partial charge in [0.1, 0.15) is 6.10 Å². The maximum atomic E-state index is 10.4. The number of carbonyl (C=O) groups excluding carboxylic acids is 1. The minimum absolute atomic E-state index is 0.660. The Morgan fingerprint density at radius 1 is 1.82 bits per heavy atom. The first-order chi connectivity index (χ1) is 5.25. The van der Waals surface area contributed by atoms with Crippen molar-refractivity contribution in [1.82, 2.24) is 0 Å². The molecule has 0 aliphatic carbocycles. The smallest absolute Gasteiger partial charge is 0.131 e. The van der Waals surface area contributed by atoms with Gasteiger partial charge < -0.3 is 14.6 Å². The van der Waals surface area contributed by atoms with Gasteiger partial charge >= 0.3 is 0 Å². The van der Waals surface area contributed by atoms with E-state index in [0.29, 0.717) is 4.88 Å². The van der Waals surface area contributed by atoms with Crippen LogP contribution in [0.4, 0.5) is 0 Å². The second kappa shape index (κ2) is 3.50. The maximum Gasteiger partial charge on any atom is 0.131 e. The van der Waals surface area contributed by atoms with E-state index in [4.69, 9.17) is 4.74 Å². The lowest BCUT2D eigenvalue weighted by atomic mass is 10.3. The molecule has 0 amide bonds. The number of methoxy groups -OCH3 is 1. The van der Waals surface area contributed by atoms with Crippen molar-refractivity contribution in [3.63, 3.8) is 0 Å². The summed E-state index contributed by atoms with van der Waals surface area (Å²) in [7, 11) is 1.35. The average molecular weight is 171 g/mol. The van der Waals surface area contributed by atoms with Crippen LogP contribution in [0, 0.1) is 0 Å². The van der Waals surface area contributed by atoms with Crippen LogP contribution >= 0.6 is 11.3 Å². The first-order valence-electron chi connectivity index (χ1n) is 3.02. The monoisotopic (exact) mass is 171 g/mol. The predicted octanol–water partition coefficient (Wildman–Crippen LogP) is 0.185. The zero-order valence-electron chi connectivity index (χ0n) is 5.94. The van der Waals surface area contributed by atoms with Crippen molar-refractivity contribution in [2.24, 2.45) is 0 Å². The van der Waals surface area contributed by atoms with E-state index in [0.717, 1.165) is 0 Å². The minimum atomic E-state index is -1.20. The first kappa shape index (κ1) is 8.23. The van der Waals surface area contributed by atoms with E-state index in [1.165, 1.54) is 18.4 Å². The third-order valence-corrected chi connectivity index (χ3v) is 2.17. The van der Waals surface area contributed by atoms with Crippen LogP contribution in [-0.4, -0.2) is 13.1 Å². The molecule has 0 aliphatic heterocycles. The van der Waals surface area contributed by atoms with Gasteiger partial charge in [-0.3, -0.25) is 0 Å². The van der Waals surface area contributed by atoms with E-state index >= 15 is 0 Å². The molecule has 1 heterocycles. The number of carboxylic acid groups (broad SMARTS) is 1. The van der Waals surface area contributed by atoms with Gasteiger partial charge in [0.25, 0.3) is 0 Å². The summed E-state index contributed by atoms with van der Waals surface area (Å²) < 4.78 is 4.70. The second-order valence-electron chi connectivity index (χ2n) is 1.95. The molecule has 0 bridgehead atoms. The summed E-state index contributed by atoms with van der Waals surface area (Å²) in [4.78, 5) is 11.1. The Labute approximate surface area is 68.2 Å². The van der Waals surface area contributed by atoms with Crippen LogP contribution in [0.3, 0.4) is 0 Å². The van der Waals surface area contributed by atoms with E-state index in [1.807, 2.05) is 0 Å². The van der Waals surface area contributed by atoms with Gasteiger partial charge in [0.05, 0.1) is 5.97 Å². The highest BCUT2D eigenvalue weighted by Gasteiger charge is 2.11. The molecule has 3 nitrogen and oxygen atoms in total. The Kier molecular flexibility index (Phi) is 2.62. The van der Waals surface area contributed by atoms with Gasteiger partial charge in [-0.15, -0.1) is 11.3 Å². The van der Waals surface area contributed by atoms with Crippen molar-refractivity contribution >= 4 is 17.3 Å². The number of hydrogen-bond acceptors (Lipinski definition) is 4. The molecule has 1 aromatic rings. The molecule has 0 saturated heterocycles. The van der Waals surface area contributed by atoms with Gasteiger partial charge in [0.15, 0.2) is 0 Å². The van der Waals surface area contributed by atoms with Crippen LogP contribution in [0.1, 0.15) is 11.0 Å². The van der Waals surface area contributed by atoms with E-state index in [2.05, 4.69) is 0 Å². The number of rotatable bonds is 3. The van der Waals surface area contributed by atoms with Gasteiger partial charge in [-0.25, -0.2) is 0 Å². The summed E-state index contributed by atoms with van der Waals surface area (Å²) in [6, 6.07) is 3.48. The summed E-state index contributed by atoms with van der Waals surface area (Å²) >= 11 is 1.34. The molecule has 0 spiro atoms. The zero-order valence-corrected chi connectivity index (χ0v) is 6.76. The highest BCUT2D eigenvalue weighted by atomic mass is 32.1. The van der Waals surface area contributed by atoms with Crippen LogP contribution in [0.2, 0.25) is 0 Å². The van der Waals surface area contributed by atoms with Crippen LogP contribution in [-0.2, 0) is 9.53 Å². The number of thiophene rings is 1. The molecular weight excluding hydrogens is 164 g/mol. The molecule has 0 radical (unpaired) electrons. The van der Waals surface area contributed by atoms with Gasteiger partial charge in [-0.1, -0.05) is 6.07 Å². The molecule has 1 atom stereocenters. The number of carbonyl (C=O) groups is 1. The van der Waals surface area contributed by atoms with Crippen molar-refractivity contribution in [2.75, 3.05) is 7.11 Å². The van der Waals surface area contributed by atoms with E-state index < -0.39 is 12.1 Å². The van der Waals surface area contributed by atoms with Crippen molar-refractivity contribution < 1.29 is 14.6 Å². The topological polar surface area (TPSA) is 49.4 Å². The Morgan fingerprint density at radius 3 is 2.91 bits per heavy atom. The van der Waals surface area contributed by atoms with Crippen LogP contribution < -0.4 is 5.11 Å². The Balaban J connectivity index is 2.79. The summed E-state index contributed by atoms with van der Waals surface area (Å²) in [6.45, 7) is 0. The van der Waals surface area contributed by atoms with Gasteiger partial charge in [0, 0.05) is 12.0 Å². The standard InChI is InChI=1S/C7H8O3S/c1-10-6(7(8)9)5-3-2-4-11-5/h2-4,6H,1H3,(H,8,9)/p-1/t6-/m1/s1. The quantitative estimate of drug-likeness (QED) is 0.652. The summed E-state index contributed by atoms with van der Waals surface area (Å²) in [5.41, 5.74) is 0. The highest BCUT2D eigenvalue weighted by molar-refractivity contribution is 7.10. The SMILES string of the molecule is CO[C@@H](C(=O)[O-])c1cccs1. The molecule has 0 fully saturated rings. The van der Waals surface area contributed by atoms with Crippen molar-refractivity contribution in [2.45, 2.75) is 6.10 Å². The van der Waals surface area contributed by atoms with Crippen LogP contribution in [0.5, 0.6) is 0 Å². The molecule has 60 valence electrons. The largest absolute Gasteiger partial charge is 0.547 e. The van der Waals surface area contributed by atoms with Crippen molar-refractivity contribution in [3.05, 3.63) is 22.4 Å². The molecule has 4 heteroatoms. The Morgan fingerprint density at radius 2 is 2.55 bits per heavy atom. The fourth-order valence-corrected chi connectivity index (χ4v) is 1.56. The van der Waals surface area contributed by atoms with Crippen LogP contribution in [0.15, 0.2) is 17.5 Å². The number of hydrogen-bond donors (Lipinski definition) is 0. The fraction of sp³-hybridized carbons (Fsp3) is 0.286. The number of ether oxygens (including phenoxy) is 1. The summed E-state index contributed by atoms with van der Waals surface area (Å²) in [5.74, 6) is -1.20. The highest BCUT2D eigenvalue weighted by Crippen LogP contribution is 2.20. The van der Waals surface area contributed by atoms with Crippen LogP contribution in [0.25, 0.3) is 0 Å². The Hall–Kier alpha value is -0.870. The first-order valence-corrected chi connectivity index (χ1v) is 3.90. The van der Waals surface area contributed by atoms with Crippen molar-refractivity contribution in [3.8, 4) is 0 Å². The lowest BCUT2D eigenvalue weighted by molar-refractivity contribution is -0.316. The molecule has 1 aromatic heterocycles. The van der Waals surface area contributed by atoms with Crippen molar-refractivity contribution in [1.29, 1.82) is 0 Å². The fourth-order valence-electron chi connectivity index (χ4n) is 0.769. The second-order valence-corrected chi connectivity index (χ2v) is 2.93. The minimum Gasteiger partial charge on any atom is -0.547 e. The number of aliphatic carboxylic acids is 1. The van der Waals surface area contributed by atoms with E-state index in [-0.39, 0.29) is 0 Å². The third kappa shape index (κ3) is 1.78. The Bertz CT molecular complexity index is 230. The molecule has 1 rings (SSSR count). The van der Waals surface area contributed by atoms with Gasteiger partial charge in [-0.05, 0) is 11.4 Å². The molecular formula is C7H7O3S-. The van der Waals surface area contributed by atoms with Gasteiger partial charge in [-0.2, -0.15) is 0 Å². The number of carboxylic acids is 1. The molecule has 0 aliphatic rings. The third-order valence-electron chi connectivity index (χ3n) is 1.25. The van der Waals surface area contributed by atoms with E-state index in [1.54, 1.807) is 17.5 Å². The van der Waals surface area contributed by atoms with E-state index in [9.17, 15) is 9.90 Å². The summed E-state index contributed by atoms with van der Waals surface area (Å²) in [5, 5.41) is 12.2. The molecule has 11 heavy (non-hydrogen) atoms. The predicted molar refractivity (Wildman–Crippen MR) is 39.1 cm³/mol. The lowest BCUT2D eigenvalue weighted by Gasteiger charge is -2.13. The van der Waals surface area contributed by atoms with Gasteiger partial charge in [0.2, 0.25) is 0 Å². The molecule has 0 N–H and O–H groups in total. The molecule has 0 aromatic carbocycles. The lowest BCUT2D eigenvalue weighted by Crippen LogP contribution is -2.30. The average Bonchev–Trinajstić information content (AvgIpc) is 2.40. The maximum absolute atomic E-state index is 10.4. The normalized spacial score (nSPS) is 12.8.